The smallest absolute Gasteiger partial charge is 0.145 e. The molecule has 0 saturated carbocycles. The quantitative estimate of drug-likeness (QED) is 0.783. The SMILES string of the molecule is CCOCCC(N)Cc1cccc(Cl)c1F. The van der Waals surface area contributed by atoms with Crippen LogP contribution in [0.3, 0.4) is 0 Å². The zero-order valence-electron chi connectivity index (χ0n) is 9.38. The lowest BCUT2D eigenvalue weighted by molar-refractivity contribution is 0.140. The molecule has 0 amide bonds. The molecule has 0 aliphatic heterocycles. The molecule has 0 aliphatic rings. The lowest BCUT2D eigenvalue weighted by Gasteiger charge is -2.12. The molecule has 1 unspecified atom stereocenters. The van der Waals surface area contributed by atoms with Crippen molar-refractivity contribution >= 4 is 11.6 Å². The lowest BCUT2D eigenvalue weighted by atomic mass is 10.0. The van der Waals surface area contributed by atoms with E-state index in [-0.39, 0.29) is 16.9 Å². The summed E-state index contributed by atoms with van der Waals surface area (Å²) in [6.45, 7) is 3.22. The van der Waals surface area contributed by atoms with Crippen molar-refractivity contribution in [1.29, 1.82) is 0 Å². The molecule has 0 spiro atoms. The zero-order valence-corrected chi connectivity index (χ0v) is 10.1. The number of rotatable bonds is 6. The molecular formula is C12H17ClFNO. The molecule has 1 atom stereocenters. The van der Waals surface area contributed by atoms with Gasteiger partial charge in [-0.2, -0.15) is 0 Å². The monoisotopic (exact) mass is 245 g/mol. The van der Waals surface area contributed by atoms with E-state index in [0.717, 1.165) is 6.42 Å². The molecule has 1 rings (SSSR count). The fraction of sp³-hybridized carbons (Fsp3) is 0.500. The maximum absolute atomic E-state index is 13.5. The first-order valence-electron chi connectivity index (χ1n) is 5.41. The molecule has 4 heteroatoms. The zero-order chi connectivity index (χ0) is 12.0. The van der Waals surface area contributed by atoms with Crippen molar-refractivity contribution in [2.75, 3.05) is 13.2 Å². The summed E-state index contributed by atoms with van der Waals surface area (Å²) in [5, 5.41) is 0.148. The van der Waals surface area contributed by atoms with Gasteiger partial charge in [-0.3, -0.25) is 0 Å². The van der Waals surface area contributed by atoms with E-state index in [0.29, 0.717) is 25.2 Å². The second kappa shape index (κ2) is 6.84. The molecule has 1 aromatic rings. The highest BCUT2D eigenvalue weighted by atomic mass is 35.5. The van der Waals surface area contributed by atoms with E-state index in [1.165, 1.54) is 6.07 Å². The Morgan fingerprint density at radius 3 is 2.94 bits per heavy atom. The van der Waals surface area contributed by atoms with Crippen molar-refractivity contribution in [2.45, 2.75) is 25.8 Å². The first-order valence-corrected chi connectivity index (χ1v) is 5.79. The Kier molecular flexibility index (Phi) is 5.74. The molecule has 0 fully saturated rings. The van der Waals surface area contributed by atoms with Gasteiger partial charge in [-0.1, -0.05) is 23.7 Å². The molecule has 0 aromatic heterocycles. The van der Waals surface area contributed by atoms with E-state index in [4.69, 9.17) is 22.1 Å². The van der Waals surface area contributed by atoms with Gasteiger partial charge in [-0.25, -0.2) is 4.39 Å². The summed E-state index contributed by atoms with van der Waals surface area (Å²) in [7, 11) is 0. The van der Waals surface area contributed by atoms with Gasteiger partial charge < -0.3 is 10.5 Å². The minimum Gasteiger partial charge on any atom is -0.382 e. The van der Waals surface area contributed by atoms with E-state index in [9.17, 15) is 4.39 Å². The second-order valence-electron chi connectivity index (χ2n) is 3.66. The minimum atomic E-state index is -0.365. The first kappa shape index (κ1) is 13.4. The van der Waals surface area contributed by atoms with Gasteiger partial charge in [0, 0.05) is 19.3 Å². The van der Waals surface area contributed by atoms with Gasteiger partial charge in [0.25, 0.3) is 0 Å². The van der Waals surface area contributed by atoms with Crippen LogP contribution in [0.15, 0.2) is 18.2 Å². The third-order valence-electron chi connectivity index (χ3n) is 2.35. The third kappa shape index (κ3) is 4.08. The van der Waals surface area contributed by atoms with Crippen LogP contribution in [0, 0.1) is 5.82 Å². The van der Waals surface area contributed by atoms with Crippen molar-refractivity contribution in [3.05, 3.63) is 34.6 Å². The number of halogens is 2. The standard InChI is InChI=1S/C12H17ClFNO/c1-2-16-7-6-10(15)8-9-4-3-5-11(13)12(9)14/h3-5,10H,2,6-8,15H2,1H3. The number of hydrogen-bond donors (Lipinski definition) is 1. The number of hydrogen-bond acceptors (Lipinski definition) is 2. The Bertz CT molecular complexity index is 333. The van der Waals surface area contributed by atoms with Gasteiger partial charge in [0.2, 0.25) is 0 Å². The molecular weight excluding hydrogens is 229 g/mol. The van der Waals surface area contributed by atoms with Crippen molar-refractivity contribution in [3.63, 3.8) is 0 Å². The maximum atomic E-state index is 13.5. The second-order valence-corrected chi connectivity index (χ2v) is 4.07. The van der Waals surface area contributed by atoms with E-state index >= 15 is 0 Å². The molecule has 1 aromatic carbocycles. The molecule has 16 heavy (non-hydrogen) atoms. The number of ether oxygens (including phenoxy) is 1. The Morgan fingerprint density at radius 1 is 1.50 bits per heavy atom. The van der Waals surface area contributed by atoms with Crippen LogP contribution >= 0.6 is 11.6 Å². The van der Waals surface area contributed by atoms with Crippen LogP contribution in [-0.4, -0.2) is 19.3 Å². The van der Waals surface area contributed by atoms with Gasteiger partial charge in [0.05, 0.1) is 5.02 Å². The lowest BCUT2D eigenvalue weighted by Crippen LogP contribution is -2.25. The molecule has 2 N–H and O–H groups in total. The molecule has 90 valence electrons. The average molecular weight is 246 g/mol. The Balaban J connectivity index is 2.49. The molecule has 0 saturated heterocycles. The summed E-state index contributed by atoms with van der Waals surface area (Å²) < 4.78 is 18.7. The van der Waals surface area contributed by atoms with Crippen LogP contribution in [0.2, 0.25) is 5.02 Å². The van der Waals surface area contributed by atoms with Gasteiger partial charge in [0.15, 0.2) is 0 Å². The van der Waals surface area contributed by atoms with Gasteiger partial charge >= 0.3 is 0 Å². The largest absolute Gasteiger partial charge is 0.382 e. The summed E-state index contributed by atoms with van der Waals surface area (Å²) in [6, 6.07) is 4.88. The van der Waals surface area contributed by atoms with Gasteiger partial charge in [-0.15, -0.1) is 0 Å². The molecule has 0 bridgehead atoms. The molecule has 2 nitrogen and oxygen atoms in total. The number of benzene rings is 1. The van der Waals surface area contributed by atoms with E-state index in [1.54, 1.807) is 12.1 Å². The van der Waals surface area contributed by atoms with Crippen LogP contribution in [0.1, 0.15) is 18.9 Å². The summed E-state index contributed by atoms with van der Waals surface area (Å²) in [4.78, 5) is 0. The summed E-state index contributed by atoms with van der Waals surface area (Å²) in [5.74, 6) is -0.365. The fourth-order valence-electron chi connectivity index (χ4n) is 1.47. The predicted octanol–water partition coefficient (Wildman–Crippen LogP) is 2.78. The van der Waals surface area contributed by atoms with Crippen LogP contribution in [-0.2, 0) is 11.2 Å². The van der Waals surface area contributed by atoms with Crippen LogP contribution in [0.25, 0.3) is 0 Å². The van der Waals surface area contributed by atoms with E-state index < -0.39 is 0 Å². The van der Waals surface area contributed by atoms with Crippen molar-refractivity contribution < 1.29 is 9.13 Å². The molecule has 0 heterocycles. The Hall–Kier alpha value is -0.640. The highest BCUT2D eigenvalue weighted by Crippen LogP contribution is 2.19. The van der Waals surface area contributed by atoms with Crippen molar-refractivity contribution in [2.24, 2.45) is 5.73 Å². The average Bonchev–Trinajstić information content (AvgIpc) is 2.25. The number of nitrogens with two attached hydrogens (primary N) is 1. The topological polar surface area (TPSA) is 35.2 Å². The van der Waals surface area contributed by atoms with Crippen LogP contribution in [0.5, 0.6) is 0 Å². The molecule has 0 aliphatic carbocycles. The normalized spacial score (nSPS) is 12.8. The highest BCUT2D eigenvalue weighted by molar-refractivity contribution is 6.30. The maximum Gasteiger partial charge on any atom is 0.145 e. The first-order chi connectivity index (χ1) is 7.65. The molecule has 0 radical (unpaired) electrons. The van der Waals surface area contributed by atoms with E-state index in [1.807, 2.05) is 6.92 Å². The third-order valence-corrected chi connectivity index (χ3v) is 2.64. The Morgan fingerprint density at radius 2 is 2.25 bits per heavy atom. The van der Waals surface area contributed by atoms with Crippen LogP contribution < -0.4 is 5.73 Å². The van der Waals surface area contributed by atoms with Crippen molar-refractivity contribution in [1.82, 2.24) is 0 Å². The summed E-state index contributed by atoms with van der Waals surface area (Å²) in [5.41, 5.74) is 6.44. The Labute approximate surface area is 101 Å². The van der Waals surface area contributed by atoms with E-state index in [2.05, 4.69) is 0 Å². The fourth-order valence-corrected chi connectivity index (χ4v) is 1.66. The minimum absolute atomic E-state index is 0.0977. The van der Waals surface area contributed by atoms with Crippen molar-refractivity contribution in [3.8, 4) is 0 Å². The summed E-state index contributed by atoms with van der Waals surface area (Å²) in [6.07, 6.45) is 1.21. The van der Waals surface area contributed by atoms with Gasteiger partial charge in [-0.05, 0) is 31.4 Å². The van der Waals surface area contributed by atoms with Gasteiger partial charge in [0.1, 0.15) is 5.82 Å². The van der Waals surface area contributed by atoms with Crippen LogP contribution in [0.4, 0.5) is 4.39 Å². The predicted molar refractivity (Wildman–Crippen MR) is 64.2 cm³/mol. The highest BCUT2D eigenvalue weighted by Gasteiger charge is 2.10. The summed E-state index contributed by atoms with van der Waals surface area (Å²) >= 11 is 5.68.